The highest BCUT2D eigenvalue weighted by atomic mass is 127. The molecule has 12 heavy (non-hydrogen) atoms. The van der Waals surface area contributed by atoms with E-state index in [4.69, 9.17) is 4.74 Å². The quantitative estimate of drug-likeness (QED) is 0.708. The highest BCUT2D eigenvalue weighted by Crippen LogP contribution is 2.31. The van der Waals surface area contributed by atoms with Gasteiger partial charge in [-0.1, -0.05) is 6.07 Å². The molecule has 0 amide bonds. The fourth-order valence-electron chi connectivity index (χ4n) is 0.940. The highest BCUT2D eigenvalue weighted by Gasteiger charge is 2.24. The Morgan fingerprint density at radius 1 is 1.25 bits per heavy atom. The summed E-state index contributed by atoms with van der Waals surface area (Å²) >= 11 is 4.66. The highest BCUT2D eigenvalue weighted by molar-refractivity contribution is 14.1. The van der Waals surface area contributed by atoms with E-state index >= 15 is 0 Å². The van der Waals surface area contributed by atoms with Crippen LogP contribution in [0.2, 0.25) is 0 Å². The molecule has 0 radical (unpaired) electrons. The molecule has 1 aliphatic carbocycles. The maximum Gasteiger partial charge on any atom is 0.134 e. The molecule has 1 fully saturated rings. The molecule has 0 unspecified atom stereocenters. The first kappa shape index (κ1) is 9.05. The summed E-state index contributed by atoms with van der Waals surface area (Å²) in [5.74, 6) is 1.05. The van der Waals surface area contributed by atoms with Gasteiger partial charge in [0.05, 0.1) is 9.67 Å². The van der Waals surface area contributed by atoms with Gasteiger partial charge in [-0.15, -0.1) is 0 Å². The van der Waals surface area contributed by atoms with E-state index in [9.17, 15) is 0 Å². The first-order valence-corrected chi connectivity index (χ1v) is 6.04. The van der Waals surface area contributed by atoms with E-state index in [0.717, 1.165) is 5.75 Å². The van der Waals surface area contributed by atoms with Crippen LogP contribution in [0.15, 0.2) is 18.2 Å². The summed E-state index contributed by atoms with van der Waals surface area (Å²) in [5.41, 5.74) is 0. The van der Waals surface area contributed by atoms with E-state index in [2.05, 4.69) is 51.2 Å². The third kappa shape index (κ3) is 2.04. The zero-order chi connectivity index (χ0) is 8.55. The van der Waals surface area contributed by atoms with Gasteiger partial charge in [0.2, 0.25) is 0 Å². The number of ether oxygens (including phenoxy) is 1. The van der Waals surface area contributed by atoms with Crippen LogP contribution < -0.4 is 4.74 Å². The van der Waals surface area contributed by atoms with E-state index in [0.29, 0.717) is 6.10 Å². The van der Waals surface area contributed by atoms with Crippen molar-refractivity contribution in [3.63, 3.8) is 0 Å². The molecule has 0 heterocycles. The van der Waals surface area contributed by atoms with Crippen LogP contribution in [-0.4, -0.2) is 6.10 Å². The fraction of sp³-hybridized carbons (Fsp3) is 0.333. The number of hydrogen-bond acceptors (Lipinski definition) is 1. The average Bonchev–Trinajstić information content (AvgIpc) is 2.83. The standard InChI is InChI=1S/C9H8I2O/c10-7-2-1-3-8(9(7)11)12-6-4-5-6/h1-3,6H,4-5H2. The predicted molar refractivity (Wildman–Crippen MR) is 65.5 cm³/mol. The van der Waals surface area contributed by atoms with E-state index in [1.54, 1.807) is 0 Å². The van der Waals surface area contributed by atoms with Crippen LogP contribution in [0.1, 0.15) is 12.8 Å². The summed E-state index contributed by atoms with van der Waals surface area (Å²) in [4.78, 5) is 0. The lowest BCUT2D eigenvalue weighted by Crippen LogP contribution is -1.98. The number of halogens is 2. The van der Waals surface area contributed by atoms with Gasteiger partial charge in [0.25, 0.3) is 0 Å². The molecule has 3 heteroatoms. The molecule has 1 aromatic rings. The van der Waals surface area contributed by atoms with Crippen LogP contribution in [0, 0.1) is 7.14 Å². The Hall–Kier alpha value is 0.480. The molecule has 64 valence electrons. The van der Waals surface area contributed by atoms with Crippen LogP contribution in [0.5, 0.6) is 5.75 Å². The molecular weight excluding hydrogens is 378 g/mol. The molecule has 1 nitrogen and oxygen atoms in total. The zero-order valence-corrected chi connectivity index (χ0v) is 10.7. The third-order valence-corrected chi connectivity index (χ3v) is 4.78. The Labute approximate surface area is 99.2 Å². The van der Waals surface area contributed by atoms with Crippen molar-refractivity contribution in [2.75, 3.05) is 0 Å². The van der Waals surface area contributed by atoms with Crippen molar-refractivity contribution in [3.8, 4) is 5.75 Å². The summed E-state index contributed by atoms with van der Waals surface area (Å²) in [5, 5.41) is 0. The largest absolute Gasteiger partial charge is 0.489 e. The molecule has 0 bridgehead atoms. The van der Waals surface area contributed by atoms with Gasteiger partial charge in [0.1, 0.15) is 5.75 Å². The summed E-state index contributed by atoms with van der Waals surface area (Å²) in [6, 6.07) is 6.19. The van der Waals surface area contributed by atoms with Crippen molar-refractivity contribution < 1.29 is 4.74 Å². The van der Waals surface area contributed by atoms with Crippen molar-refractivity contribution in [3.05, 3.63) is 25.3 Å². The van der Waals surface area contributed by atoms with Gasteiger partial charge >= 0.3 is 0 Å². The molecule has 0 aliphatic heterocycles. The van der Waals surface area contributed by atoms with E-state index < -0.39 is 0 Å². The van der Waals surface area contributed by atoms with Crippen molar-refractivity contribution >= 4 is 45.2 Å². The van der Waals surface area contributed by atoms with Crippen LogP contribution in [0.3, 0.4) is 0 Å². The summed E-state index contributed by atoms with van der Waals surface area (Å²) in [6.45, 7) is 0. The predicted octanol–water partition coefficient (Wildman–Crippen LogP) is 3.44. The normalized spacial score (nSPS) is 16.2. The number of hydrogen-bond donors (Lipinski definition) is 0. The van der Waals surface area contributed by atoms with Crippen LogP contribution in [0.4, 0.5) is 0 Å². The molecule has 0 spiro atoms. The van der Waals surface area contributed by atoms with Gasteiger partial charge in [0, 0.05) is 3.57 Å². The minimum atomic E-state index is 0.497. The minimum Gasteiger partial charge on any atom is -0.489 e. The Morgan fingerprint density at radius 2 is 2.00 bits per heavy atom. The molecule has 1 aliphatic rings. The van der Waals surface area contributed by atoms with Gasteiger partial charge in [-0.05, 0) is 70.2 Å². The lowest BCUT2D eigenvalue weighted by atomic mass is 10.3. The summed E-state index contributed by atoms with van der Waals surface area (Å²) < 4.78 is 8.23. The summed E-state index contributed by atoms with van der Waals surface area (Å²) in [6.07, 6.45) is 2.94. The maximum absolute atomic E-state index is 5.72. The van der Waals surface area contributed by atoms with E-state index in [1.165, 1.54) is 20.0 Å². The Morgan fingerprint density at radius 3 is 2.67 bits per heavy atom. The van der Waals surface area contributed by atoms with Gasteiger partial charge in [0.15, 0.2) is 0 Å². The molecular formula is C9H8I2O. The average molecular weight is 386 g/mol. The Kier molecular flexibility index (Phi) is 2.78. The number of benzene rings is 1. The third-order valence-electron chi connectivity index (χ3n) is 1.73. The van der Waals surface area contributed by atoms with Gasteiger partial charge < -0.3 is 4.74 Å². The lowest BCUT2D eigenvalue weighted by molar-refractivity contribution is 0.301. The van der Waals surface area contributed by atoms with Crippen molar-refractivity contribution in [2.24, 2.45) is 0 Å². The first-order chi connectivity index (χ1) is 5.77. The molecule has 2 rings (SSSR count). The van der Waals surface area contributed by atoms with Crippen LogP contribution >= 0.6 is 45.2 Å². The van der Waals surface area contributed by atoms with Gasteiger partial charge in [-0.25, -0.2) is 0 Å². The molecule has 0 atom stereocenters. The second-order valence-corrected chi connectivity index (χ2v) is 5.11. The molecule has 1 aromatic carbocycles. The van der Waals surface area contributed by atoms with Crippen molar-refractivity contribution in [2.45, 2.75) is 18.9 Å². The van der Waals surface area contributed by atoms with Crippen LogP contribution in [0.25, 0.3) is 0 Å². The summed E-state index contributed by atoms with van der Waals surface area (Å²) in [7, 11) is 0. The number of rotatable bonds is 2. The van der Waals surface area contributed by atoms with Gasteiger partial charge in [-0.2, -0.15) is 0 Å². The SMILES string of the molecule is Ic1cccc(OC2CC2)c1I. The topological polar surface area (TPSA) is 9.23 Å². The zero-order valence-electron chi connectivity index (χ0n) is 6.39. The smallest absolute Gasteiger partial charge is 0.134 e. The molecule has 0 N–H and O–H groups in total. The van der Waals surface area contributed by atoms with E-state index in [-0.39, 0.29) is 0 Å². The molecule has 0 aromatic heterocycles. The molecule has 0 saturated heterocycles. The van der Waals surface area contributed by atoms with Crippen LogP contribution in [-0.2, 0) is 0 Å². The van der Waals surface area contributed by atoms with Crippen molar-refractivity contribution in [1.29, 1.82) is 0 Å². The monoisotopic (exact) mass is 386 g/mol. The Balaban J connectivity index is 2.23. The van der Waals surface area contributed by atoms with Gasteiger partial charge in [-0.3, -0.25) is 0 Å². The molecule has 1 saturated carbocycles. The minimum absolute atomic E-state index is 0.497. The fourth-order valence-corrected chi connectivity index (χ4v) is 1.90. The Bertz CT molecular complexity index is 295. The lowest BCUT2D eigenvalue weighted by Gasteiger charge is -2.07. The van der Waals surface area contributed by atoms with E-state index in [1.807, 2.05) is 12.1 Å². The van der Waals surface area contributed by atoms with Crippen molar-refractivity contribution in [1.82, 2.24) is 0 Å². The second kappa shape index (κ2) is 3.69. The maximum atomic E-state index is 5.72. The first-order valence-electron chi connectivity index (χ1n) is 3.88. The second-order valence-electron chi connectivity index (χ2n) is 2.87.